The summed E-state index contributed by atoms with van der Waals surface area (Å²) in [6.07, 6.45) is -2.55. The quantitative estimate of drug-likeness (QED) is 0.234. The fourth-order valence-electron chi connectivity index (χ4n) is 4.55. The van der Waals surface area contributed by atoms with E-state index >= 15 is 0 Å². The number of benzene rings is 3. The molecule has 0 saturated carbocycles. The monoisotopic (exact) mass is 531 g/mol. The third kappa shape index (κ3) is 5.64. The Morgan fingerprint density at radius 1 is 1.11 bits per heavy atom. The third-order valence-corrected chi connectivity index (χ3v) is 6.32. The molecule has 0 unspecified atom stereocenters. The van der Waals surface area contributed by atoms with Crippen LogP contribution in [0.25, 0.3) is 22.2 Å². The standard InChI is InChI=1S/C26H24F3N5O2.ClH/c27-26(28,29)21-5-2-1-4-16(21)11-13-35-20-10-9-17-14-19(8-7-18(17)15-20)23-32-24(36-33-23)22-6-3-12-34(22)25(30)31;/h1-2,4-5,7-10,14-15,22H,3,6,11-13H2,(H3,30,31);1H/t22-;/m0./s1. The second-order valence-electron chi connectivity index (χ2n) is 8.67. The molecule has 1 atom stereocenters. The summed E-state index contributed by atoms with van der Waals surface area (Å²) in [5.41, 5.74) is 6.02. The largest absolute Gasteiger partial charge is 0.493 e. The molecule has 1 aliphatic rings. The summed E-state index contributed by atoms with van der Waals surface area (Å²) in [5, 5.41) is 13.7. The number of likely N-dealkylation sites (tertiary alicyclic amines) is 1. The minimum atomic E-state index is -4.39. The van der Waals surface area contributed by atoms with Crippen LogP contribution >= 0.6 is 12.4 Å². The Labute approximate surface area is 217 Å². The molecule has 0 amide bonds. The van der Waals surface area contributed by atoms with Crippen molar-refractivity contribution in [2.24, 2.45) is 5.73 Å². The number of nitrogens with two attached hydrogens (primary N) is 1. The van der Waals surface area contributed by atoms with Crippen molar-refractivity contribution in [2.75, 3.05) is 13.2 Å². The lowest BCUT2D eigenvalue weighted by molar-refractivity contribution is -0.138. The molecular weight excluding hydrogens is 507 g/mol. The highest BCUT2D eigenvalue weighted by Crippen LogP contribution is 2.33. The molecule has 0 bridgehead atoms. The van der Waals surface area contributed by atoms with Gasteiger partial charge < -0.3 is 19.9 Å². The van der Waals surface area contributed by atoms with Crippen molar-refractivity contribution in [3.05, 3.63) is 77.7 Å². The van der Waals surface area contributed by atoms with Gasteiger partial charge in [0.25, 0.3) is 0 Å². The van der Waals surface area contributed by atoms with Gasteiger partial charge in [-0.1, -0.05) is 41.6 Å². The first-order chi connectivity index (χ1) is 17.3. The highest BCUT2D eigenvalue weighted by molar-refractivity contribution is 5.87. The summed E-state index contributed by atoms with van der Waals surface area (Å²) in [5.74, 6) is 1.46. The van der Waals surface area contributed by atoms with E-state index in [1.54, 1.807) is 17.0 Å². The van der Waals surface area contributed by atoms with E-state index in [9.17, 15) is 13.2 Å². The van der Waals surface area contributed by atoms with Crippen LogP contribution in [0.4, 0.5) is 13.2 Å². The normalized spacial score (nSPS) is 15.5. The zero-order valence-electron chi connectivity index (χ0n) is 19.7. The van der Waals surface area contributed by atoms with E-state index in [0.717, 1.165) is 35.2 Å². The lowest BCUT2D eigenvalue weighted by atomic mass is 10.0. The summed E-state index contributed by atoms with van der Waals surface area (Å²) in [6.45, 7) is 0.813. The number of fused-ring (bicyclic) bond motifs is 1. The van der Waals surface area contributed by atoms with Crippen molar-refractivity contribution in [1.82, 2.24) is 15.0 Å². The number of nitrogens with one attached hydrogen (secondary N) is 1. The van der Waals surface area contributed by atoms with Crippen LogP contribution < -0.4 is 10.5 Å². The fourth-order valence-corrected chi connectivity index (χ4v) is 4.55. The molecule has 194 valence electrons. The molecule has 3 N–H and O–H groups in total. The van der Waals surface area contributed by atoms with E-state index in [-0.39, 0.29) is 43.0 Å². The average Bonchev–Trinajstić information content (AvgIpc) is 3.53. The molecule has 5 rings (SSSR count). The number of hydrogen-bond donors (Lipinski definition) is 2. The highest BCUT2D eigenvalue weighted by atomic mass is 35.5. The lowest BCUT2D eigenvalue weighted by Gasteiger charge is -2.21. The molecule has 37 heavy (non-hydrogen) atoms. The van der Waals surface area contributed by atoms with Crippen molar-refractivity contribution in [3.63, 3.8) is 0 Å². The van der Waals surface area contributed by atoms with Crippen LogP contribution in [0.1, 0.15) is 35.9 Å². The minimum absolute atomic E-state index is 0. The third-order valence-electron chi connectivity index (χ3n) is 6.32. The van der Waals surface area contributed by atoms with Gasteiger partial charge in [-0.05, 0) is 53.4 Å². The number of ether oxygens (including phenoxy) is 1. The van der Waals surface area contributed by atoms with Gasteiger partial charge in [-0.25, -0.2) is 0 Å². The number of guanidine groups is 1. The first kappa shape index (κ1) is 26.3. The maximum atomic E-state index is 13.2. The number of halogens is 4. The maximum absolute atomic E-state index is 13.2. The number of nitrogens with zero attached hydrogens (tertiary/aromatic N) is 3. The molecule has 7 nitrogen and oxygen atoms in total. The van der Waals surface area contributed by atoms with Crippen LogP contribution in [-0.2, 0) is 12.6 Å². The smallest absolute Gasteiger partial charge is 0.416 e. The second-order valence-corrected chi connectivity index (χ2v) is 8.67. The predicted molar refractivity (Wildman–Crippen MR) is 136 cm³/mol. The fraction of sp³-hybridized carbons (Fsp3) is 0.269. The summed E-state index contributed by atoms with van der Waals surface area (Å²) < 4.78 is 50.8. The van der Waals surface area contributed by atoms with Gasteiger partial charge in [-0.3, -0.25) is 5.41 Å². The van der Waals surface area contributed by atoms with Crippen molar-refractivity contribution in [3.8, 4) is 17.1 Å². The first-order valence-corrected chi connectivity index (χ1v) is 11.6. The number of alkyl halides is 3. The molecular formula is C26H25ClF3N5O2. The predicted octanol–water partition coefficient (Wildman–Crippen LogP) is 5.98. The maximum Gasteiger partial charge on any atom is 0.416 e. The zero-order chi connectivity index (χ0) is 25.3. The van der Waals surface area contributed by atoms with Crippen molar-refractivity contribution < 1.29 is 22.4 Å². The van der Waals surface area contributed by atoms with Gasteiger partial charge in [0.05, 0.1) is 12.2 Å². The number of hydrogen-bond acceptors (Lipinski definition) is 5. The van der Waals surface area contributed by atoms with Gasteiger partial charge in [-0.15, -0.1) is 12.4 Å². The van der Waals surface area contributed by atoms with Gasteiger partial charge >= 0.3 is 6.18 Å². The average molecular weight is 532 g/mol. The molecule has 0 aliphatic carbocycles. The van der Waals surface area contributed by atoms with Gasteiger partial charge in [0, 0.05) is 18.5 Å². The zero-order valence-corrected chi connectivity index (χ0v) is 20.5. The highest BCUT2D eigenvalue weighted by Gasteiger charge is 2.33. The van der Waals surface area contributed by atoms with Crippen LogP contribution in [0.15, 0.2) is 65.2 Å². The Hall–Kier alpha value is -3.79. The summed E-state index contributed by atoms with van der Waals surface area (Å²) in [4.78, 5) is 6.29. The van der Waals surface area contributed by atoms with Gasteiger partial charge in [-0.2, -0.15) is 18.2 Å². The molecule has 2 heterocycles. The Morgan fingerprint density at radius 2 is 1.86 bits per heavy atom. The van der Waals surface area contributed by atoms with Crippen molar-refractivity contribution >= 4 is 29.1 Å². The van der Waals surface area contributed by atoms with Gasteiger partial charge in [0.15, 0.2) is 5.96 Å². The van der Waals surface area contributed by atoms with Crippen LogP contribution in [0.3, 0.4) is 0 Å². The Bertz CT molecular complexity index is 1410. The van der Waals surface area contributed by atoms with E-state index in [0.29, 0.717) is 24.0 Å². The summed E-state index contributed by atoms with van der Waals surface area (Å²) >= 11 is 0. The first-order valence-electron chi connectivity index (χ1n) is 11.6. The van der Waals surface area contributed by atoms with Crippen LogP contribution in [-0.4, -0.2) is 34.2 Å². The Balaban J connectivity index is 0.00000320. The molecule has 1 saturated heterocycles. The number of rotatable bonds is 6. The molecule has 1 fully saturated rings. The van der Waals surface area contributed by atoms with E-state index in [1.165, 1.54) is 12.1 Å². The second kappa shape index (κ2) is 10.7. The number of aromatic nitrogens is 2. The summed E-state index contributed by atoms with van der Waals surface area (Å²) in [6, 6.07) is 16.6. The Kier molecular flexibility index (Phi) is 7.58. The van der Waals surface area contributed by atoms with Crippen LogP contribution in [0.2, 0.25) is 0 Å². The van der Waals surface area contributed by atoms with E-state index in [1.807, 2.05) is 30.3 Å². The molecule has 11 heteroatoms. The van der Waals surface area contributed by atoms with Crippen molar-refractivity contribution in [2.45, 2.75) is 31.5 Å². The van der Waals surface area contributed by atoms with E-state index < -0.39 is 11.7 Å². The Morgan fingerprint density at radius 3 is 2.65 bits per heavy atom. The lowest BCUT2D eigenvalue weighted by Crippen LogP contribution is -2.35. The molecule has 4 aromatic rings. The van der Waals surface area contributed by atoms with E-state index in [2.05, 4.69) is 10.1 Å². The van der Waals surface area contributed by atoms with Gasteiger partial charge in [0.2, 0.25) is 11.7 Å². The molecule has 0 radical (unpaired) electrons. The molecule has 0 spiro atoms. The molecule has 1 aromatic heterocycles. The topological polar surface area (TPSA) is 101 Å². The van der Waals surface area contributed by atoms with Gasteiger partial charge in [0.1, 0.15) is 11.8 Å². The minimum Gasteiger partial charge on any atom is -0.493 e. The summed E-state index contributed by atoms with van der Waals surface area (Å²) in [7, 11) is 0. The SMILES string of the molecule is Cl.N=C(N)N1CCC[C@H]1c1nc(-c2ccc3cc(OCCc4ccccc4C(F)(F)F)ccc3c2)no1. The molecule has 1 aliphatic heterocycles. The van der Waals surface area contributed by atoms with Crippen LogP contribution in [0, 0.1) is 5.41 Å². The molecule has 3 aromatic carbocycles. The van der Waals surface area contributed by atoms with Crippen molar-refractivity contribution in [1.29, 1.82) is 5.41 Å². The van der Waals surface area contributed by atoms with E-state index in [4.69, 9.17) is 20.4 Å². The van der Waals surface area contributed by atoms with Crippen LogP contribution in [0.5, 0.6) is 5.75 Å².